The number of aromatic nitrogens is 1. The van der Waals surface area contributed by atoms with E-state index in [4.69, 9.17) is 11.6 Å². The Morgan fingerprint density at radius 1 is 0.892 bits per heavy atom. The summed E-state index contributed by atoms with van der Waals surface area (Å²) in [6.45, 7) is 2.89. The average Bonchev–Trinajstić information content (AvgIpc) is 3.74. The van der Waals surface area contributed by atoms with Gasteiger partial charge in [0.25, 0.3) is 5.91 Å². The lowest BCUT2D eigenvalue weighted by molar-refractivity contribution is -0.117. The molecule has 2 fully saturated rings. The number of rotatable bonds is 5. The van der Waals surface area contributed by atoms with Crippen molar-refractivity contribution in [3.8, 4) is 0 Å². The van der Waals surface area contributed by atoms with Crippen LogP contribution in [0.25, 0.3) is 10.8 Å². The molecule has 4 aromatic rings. The summed E-state index contributed by atoms with van der Waals surface area (Å²) in [5, 5.41) is 5.87. The van der Waals surface area contributed by atoms with Crippen molar-refractivity contribution in [2.24, 2.45) is 5.92 Å². The fourth-order valence-corrected chi connectivity index (χ4v) is 5.33. The number of carbonyl (C=O) groups is 2. The Morgan fingerprint density at radius 3 is 2.49 bits per heavy atom. The molecule has 6 nitrogen and oxygen atoms in total. The fourth-order valence-electron chi connectivity index (χ4n) is 5.15. The van der Waals surface area contributed by atoms with Crippen LogP contribution in [0.2, 0.25) is 5.02 Å². The average molecular weight is 511 g/mol. The smallest absolute Gasteiger partial charge is 0.253 e. The number of nitrogens with one attached hydrogen (secondary N) is 1. The Labute approximate surface area is 220 Å². The molecule has 1 aromatic heterocycles. The molecular weight excluding hydrogens is 484 g/mol. The van der Waals surface area contributed by atoms with Gasteiger partial charge in [0.2, 0.25) is 5.91 Å². The highest BCUT2D eigenvalue weighted by atomic mass is 35.5. The third kappa shape index (κ3) is 5.02. The molecule has 2 heterocycles. The minimum absolute atomic E-state index is 0.0381. The second-order valence-corrected chi connectivity index (χ2v) is 10.2. The molecule has 7 heteroatoms. The molecule has 1 aliphatic carbocycles. The normalized spacial score (nSPS) is 19.1. The van der Waals surface area contributed by atoms with Gasteiger partial charge in [-0.1, -0.05) is 35.9 Å². The van der Waals surface area contributed by atoms with E-state index in [-0.39, 0.29) is 23.7 Å². The summed E-state index contributed by atoms with van der Waals surface area (Å²) in [5.41, 5.74) is 3.68. The van der Waals surface area contributed by atoms with Crippen LogP contribution >= 0.6 is 11.6 Å². The van der Waals surface area contributed by atoms with Gasteiger partial charge in [-0.2, -0.15) is 0 Å². The van der Waals surface area contributed by atoms with E-state index in [9.17, 15) is 9.59 Å². The van der Waals surface area contributed by atoms with E-state index in [1.165, 1.54) is 0 Å². The molecule has 2 aliphatic rings. The number of fused-ring (bicyclic) bond motifs is 1. The Balaban J connectivity index is 1.03. The van der Waals surface area contributed by atoms with Crippen molar-refractivity contribution in [1.82, 2.24) is 9.88 Å². The predicted molar refractivity (Wildman–Crippen MR) is 147 cm³/mol. The quantitative estimate of drug-likeness (QED) is 0.380. The molecule has 2 atom stereocenters. The fraction of sp³-hybridized carbons (Fsp3) is 0.233. The number of pyridine rings is 1. The highest BCUT2D eigenvalue weighted by molar-refractivity contribution is 6.30. The molecule has 3 aromatic carbocycles. The molecule has 186 valence electrons. The number of carbonyl (C=O) groups excluding carboxylic acids is 2. The molecule has 1 saturated carbocycles. The minimum Gasteiger partial charge on any atom is -0.368 e. The lowest BCUT2D eigenvalue weighted by atomic mass is 10.1. The van der Waals surface area contributed by atoms with E-state index in [0.717, 1.165) is 52.2 Å². The van der Waals surface area contributed by atoms with Gasteiger partial charge in [0.05, 0.1) is 0 Å². The first-order valence-electron chi connectivity index (χ1n) is 12.6. The molecule has 0 bridgehead atoms. The van der Waals surface area contributed by atoms with Gasteiger partial charge < -0.3 is 15.1 Å². The first kappa shape index (κ1) is 23.5. The van der Waals surface area contributed by atoms with Gasteiger partial charge in [-0.15, -0.1) is 0 Å². The summed E-state index contributed by atoms with van der Waals surface area (Å²) in [6, 6.07) is 23.4. The predicted octanol–water partition coefficient (Wildman–Crippen LogP) is 5.59. The first-order chi connectivity index (χ1) is 18.0. The van der Waals surface area contributed by atoms with E-state index in [2.05, 4.69) is 15.2 Å². The van der Waals surface area contributed by atoms with E-state index < -0.39 is 0 Å². The Bertz CT molecular complexity index is 1460. The molecule has 0 unspecified atom stereocenters. The zero-order valence-corrected chi connectivity index (χ0v) is 21.1. The van der Waals surface area contributed by atoms with Gasteiger partial charge in [-0.05, 0) is 71.8 Å². The molecule has 2 amide bonds. The van der Waals surface area contributed by atoms with Crippen LogP contribution in [0.4, 0.5) is 11.4 Å². The van der Waals surface area contributed by atoms with E-state index in [1.807, 2.05) is 83.9 Å². The Morgan fingerprint density at radius 2 is 1.70 bits per heavy atom. The number of amides is 2. The monoisotopic (exact) mass is 510 g/mol. The third-order valence-corrected chi connectivity index (χ3v) is 7.60. The molecule has 0 spiro atoms. The van der Waals surface area contributed by atoms with E-state index in [0.29, 0.717) is 18.7 Å². The van der Waals surface area contributed by atoms with Crippen molar-refractivity contribution < 1.29 is 9.59 Å². The van der Waals surface area contributed by atoms with Crippen LogP contribution < -0.4 is 10.2 Å². The van der Waals surface area contributed by atoms with Gasteiger partial charge in [-0.25, -0.2) is 0 Å². The van der Waals surface area contributed by atoms with Gasteiger partial charge in [0.15, 0.2) is 0 Å². The number of piperazine rings is 1. The third-order valence-electron chi connectivity index (χ3n) is 7.36. The summed E-state index contributed by atoms with van der Waals surface area (Å²) in [5.74, 6) is 0.231. The standard InChI is InChI=1S/C30H27ClN4O2/c31-24-2-1-3-26(17-24)34-12-14-35(15-13-34)30(37)21-6-4-20(5-7-21)27-18-28(27)29(36)33-25-9-8-23-19-32-11-10-22(23)16-25/h1-11,16-17,19,27-28H,12-15,18H2,(H,33,36)/t27-,28+/m0/s1. The van der Waals surface area contributed by atoms with Crippen molar-refractivity contribution in [3.05, 3.63) is 101 Å². The first-order valence-corrected chi connectivity index (χ1v) is 13.0. The van der Waals surface area contributed by atoms with Crippen LogP contribution in [0, 0.1) is 5.92 Å². The second-order valence-electron chi connectivity index (χ2n) is 9.76. The maximum atomic E-state index is 13.1. The molecule has 1 aliphatic heterocycles. The van der Waals surface area contributed by atoms with E-state index >= 15 is 0 Å². The summed E-state index contributed by atoms with van der Waals surface area (Å²) in [7, 11) is 0. The molecule has 0 radical (unpaired) electrons. The van der Waals surface area contributed by atoms with Crippen LogP contribution in [0.5, 0.6) is 0 Å². The lowest BCUT2D eigenvalue weighted by Crippen LogP contribution is -2.48. The second kappa shape index (κ2) is 9.87. The molecular formula is C30H27ClN4O2. The maximum absolute atomic E-state index is 13.1. The van der Waals surface area contributed by atoms with Gasteiger partial charge >= 0.3 is 0 Å². The van der Waals surface area contributed by atoms with Crippen LogP contribution in [0.1, 0.15) is 28.3 Å². The topological polar surface area (TPSA) is 65.5 Å². The highest BCUT2D eigenvalue weighted by Crippen LogP contribution is 2.48. The Hall–Kier alpha value is -3.90. The summed E-state index contributed by atoms with van der Waals surface area (Å²) >= 11 is 6.13. The Kier molecular flexibility index (Phi) is 6.26. The number of hydrogen-bond donors (Lipinski definition) is 1. The lowest BCUT2D eigenvalue weighted by Gasteiger charge is -2.36. The van der Waals surface area contributed by atoms with Crippen LogP contribution in [-0.2, 0) is 4.79 Å². The highest BCUT2D eigenvalue weighted by Gasteiger charge is 2.44. The zero-order chi connectivity index (χ0) is 25.4. The maximum Gasteiger partial charge on any atom is 0.253 e. The van der Waals surface area contributed by atoms with Gasteiger partial charge in [0.1, 0.15) is 0 Å². The minimum atomic E-state index is -0.0470. The van der Waals surface area contributed by atoms with Crippen LogP contribution in [0.3, 0.4) is 0 Å². The van der Waals surface area contributed by atoms with Crippen LogP contribution in [0.15, 0.2) is 85.2 Å². The van der Waals surface area contributed by atoms with E-state index in [1.54, 1.807) is 6.20 Å². The summed E-state index contributed by atoms with van der Waals surface area (Å²) < 4.78 is 0. The molecule has 37 heavy (non-hydrogen) atoms. The van der Waals surface area contributed by atoms with Crippen LogP contribution in [-0.4, -0.2) is 47.9 Å². The number of hydrogen-bond acceptors (Lipinski definition) is 4. The number of nitrogens with zero attached hydrogens (tertiary/aromatic N) is 3. The van der Waals surface area contributed by atoms with Crippen molar-refractivity contribution >= 4 is 45.6 Å². The van der Waals surface area contributed by atoms with Crippen molar-refractivity contribution in [1.29, 1.82) is 0 Å². The molecule has 1 saturated heterocycles. The van der Waals surface area contributed by atoms with Gasteiger partial charge in [-0.3, -0.25) is 14.6 Å². The van der Waals surface area contributed by atoms with Crippen molar-refractivity contribution in [3.63, 3.8) is 0 Å². The SMILES string of the molecule is O=C(Nc1ccc2cnccc2c1)[C@@H]1C[C@H]1c1ccc(C(=O)N2CCN(c3cccc(Cl)c3)CC2)cc1. The van der Waals surface area contributed by atoms with Crippen molar-refractivity contribution in [2.45, 2.75) is 12.3 Å². The number of halogens is 1. The zero-order valence-electron chi connectivity index (χ0n) is 20.3. The van der Waals surface area contributed by atoms with Crippen molar-refractivity contribution in [2.75, 3.05) is 36.4 Å². The number of anilines is 2. The summed E-state index contributed by atoms with van der Waals surface area (Å²) in [6.07, 6.45) is 4.38. The number of benzene rings is 3. The summed E-state index contributed by atoms with van der Waals surface area (Å²) in [4.78, 5) is 34.2. The van der Waals surface area contributed by atoms with Gasteiger partial charge in [0, 0.05) is 71.8 Å². The molecule has 1 N–H and O–H groups in total. The largest absolute Gasteiger partial charge is 0.368 e. The molecule has 6 rings (SSSR count).